The van der Waals surface area contributed by atoms with Crippen molar-refractivity contribution in [3.8, 4) is 44.5 Å². The van der Waals surface area contributed by atoms with E-state index in [9.17, 15) is 0 Å². The van der Waals surface area contributed by atoms with Crippen LogP contribution in [0.5, 0.6) is 0 Å². The normalized spacial score (nSPS) is 12.1. The monoisotopic (exact) mass is 510 g/mol. The van der Waals surface area contributed by atoms with Crippen molar-refractivity contribution in [3.63, 3.8) is 0 Å². The van der Waals surface area contributed by atoms with Gasteiger partial charge in [0.2, 0.25) is 0 Å². The Morgan fingerprint density at radius 2 is 1.00 bits per heavy atom. The van der Waals surface area contributed by atoms with Crippen molar-refractivity contribution in [1.82, 2.24) is 0 Å². The molecule has 0 aliphatic heterocycles. The lowest BCUT2D eigenvalue weighted by Gasteiger charge is -2.10. The number of thiophene rings is 1. The van der Waals surface area contributed by atoms with Gasteiger partial charge in [0, 0.05) is 20.2 Å². The summed E-state index contributed by atoms with van der Waals surface area (Å²) in [6.07, 6.45) is 0. The zero-order valence-electron chi connectivity index (χ0n) is 21.1. The van der Waals surface area contributed by atoms with Crippen LogP contribution in [0.25, 0.3) is 86.2 Å². The second kappa shape index (κ2) is 7.89. The lowest BCUT2D eigenvalue weighted by molar-refractivity contribution is 1.66. The van der Waals surface area contributed by atoms with E-state index in [1.54, 1.807) is 0 Å². The van der Waals surface area contributed by atoms with Crippen LogP contribution >= 0.6 is 11.3 Å². The van der Waals surface area contributed by atoms with Gasteiger partial charge in [-0.3, -0.25) is 0 Å². The van der Waals surface area contributed by atoms with Gasteiger partial charge in [-0.2, -0.15) is 0 Å². The zero-order chi connectivity index (χ0) is 25.5. The molecule has 1 aliphatic rings. The maximum atomic E-state index is 2.38. The van der Waals surface area contributed by atoms with Gasteiger partial charge >= 0.3 is 0 Å². The van der Waals surface area contributed by atoms with E-state index in [-0.39, 0.29) is 0 Å². The van der Waals surface area contributed by atoms with Gasteiger partial charge in [-0.15, -0.1) is 11.3 Å². The topological polar surface area (TPSA) is 0 Å². The Bertz CT molecular complexity index is 2280. The minimum atomic E-state index is 1.26. The molecule has 1 heterocycles. The summed E-state index contributed by atoms with van der Waals surface area (Å²) in [6.45, 7) is 0. The Morgan fingerprint density at radius 1 is 0.359 bits per heavy atom. The van der Waals surface area contributed by atoms with Gasteiger partial charge < -0.3 is 0 Å². The Balaban J connectivity index is 1.18. The molecule has 0 fully saturated rings. The SMILES string of the molecule is c1ccc2c(c1)-c1cccc3cc(-c4ccc5cc(-c6cccc7c6sc6ccccc67)ccc5c4)cc-2c13. The van der Waals surface area contributed by atoms with E-state index in [0.717, 1.165) is 0 Å². The molecule has 9 rings (SSSR count). The highest BCUT2D eigenvalue weighted by molar-refractivity contribution is 7.26. The van der Waals surface area contributed by atoms with Crippen molar-refractivity contribution in [3.05, 3.63) is 133 Å². The molecule has 1 aromatic heterocycles. The molecule has 0 nitrogen and oxygen atoms in total. The van der Waals surface area contributed by atoms with Crippen LogP contribution in [0.4, 0.5) is 0 Å². The minimum absolute atomic E-state index is 1.26. The van der Waals surface area contributed by atoms with E-state index in [0.29, 0.717) is 0 Å². The predicted molar refractivity (Wildman–Crippen MR) is 170 cm³/mol. The van der Waals surface area contributed by atoms with Crippen molar-refractivity contribution in [1.29, 1.82) is 0 Å². The van der Waals surface area contributed by atoms with Gasteiger partial charge in [0.05, 0.1) is 0 Å². The molecular formula is C38H22S. The fraction of sp³-hybridized carbons (Fsp3) is 0. The first kappa shape index (κ1) is 21.2. The average Bonchev–Trinajstić information content (AvgIpc) is 3.54. The number of rotatable bonds is 2. The van der Waals surface area contributed by atoms with E-state index in [1.807, 2.05) is 11.3 Å². The van der Waals surface area contributed by atoms with Gasteiger partial charge in [0.15, 0.2) is 0 Å². The van der Waals surface area contributed by atoms with Gasteiger partial charge in [0.25, 0.3) is 0 Å². The molecular weight excluding hydrogens is 488 g/mol. The molecule has 8 aromatic rings. The summed E-state index contributed by atoms with van der Waals surface area (Å²) in [7, 11) is 0. The first-order valence-electron chi connectivity index (χ1n) is 13.4. The van der Waals surface area contributed by atoms with Crippen molar-refractivity contribution >= 4 is 53.1 Å². The number of benzene rings is 7. The third-order valence-electron chi connectivity index (χ3n) is 8.37. The van der Waals surface area contributed by atoms with E-state index in [2.05, 4.69) is 133 Å². The molecule has 0 N–H and O–H groups in total. The maximum Gasteiger partial charge on any atom is 0.0433 e. The highest BCUT2D eigenvalue weighted by Gasteiger charge is 2.21. The highest BCUT2D eigenvalue weighted by Crippen LogP contribution is 2.48. The molecule has 0 unspecified atom stereocenters. The van der Waals surface area contributed by atoms with Crippen LogP contribution in [-0.4, -0.2) is 0 Å². The Morgan fingerprint density at radius 3 is 1.90 bits per heavy atom. The molecule has 0 bridgehead atoms. The van der Waals surface area contributed by atoms with E-state index < -0.39 is 0 Å². The molecule has 0 amide bonds. The lowest BCUT2D eigenvalue weighted by Crippen LogP contribution is -1.84. The molecule has 1 aliphatic carbocycles. The minimum Gasteiger partial charge on any atom is -0.135 e. The summed E-state index contributed by atoms with van der Waals surface area (Å²) < 4.78 is 2.71. The number of hydrogen-bond donors (Lipinski definition) is 0. The van der Waals surface area contributed by atoms with E-state index in [1.165, 1.54) is 86.2 Å². The number of fused-ring (bicyclic) bond motifs is 7. The summed E-state index contributed by atoms with van der Waals surface area (Å²) in [5.74, 6) is 0. The molecule has 0 radical (unpaired) electrons. The van der Waals surface area contributed by atoms with Crippen LogP contribution in [-0.2, 0) is 0 Å². The highest BCUT2D eigenvalue weighted by atomic mass is 32.1. The summed E-state index contributed by atoms with van der Waals surface area (Å²) in [5.41, 5.74) is 10.5. The molecule has 0 atom stereocenters. The third kappa shape index (κ3) is 3.05. The van der Waals surface area contributed by atoms with Crippen molar-refractivity contribution < 1.29 is 0 Å². The molecule has 1 heteroatoms. The van der Waals surface area contributed by atoms with E-state index in [4.69, 9.17) is 0 Å². The molecule has 180 valence electrons. The van der Waals surface area contributed by atoms with Crippen LogP contribution in [0, 0.1) is 0 Å². The molecule has 0 saturated carbocycles. The smallest absolute Gasteiger partial charge is 0.0433 e. The van der Waals surface area contributed by atoms with Gasteiger partial charge in [0.1, 0.15) is 0 Å². The van der Waals surface area contributed by atoms with Crippen LogP contribution in [0.3, 0.4) is 0 Å². The molecule has 0 saturated heterocycles. The van der Waals surface area contributed by atoms with Crippen LogP contribution in [0.1, 0.15) is 0 Å². The van der Waals surface area contributed by atoms with Crippen molar-refractivity contribution in [2.45, 2.75) is 0 Å². The van der Waals surface area contributed by atoms with E-state index >= 15 is 0 Å². The predicted octanol–water partition coefficient (Wildman–Crippen LogP) is 11.3. The largest absolute Gasteiger partial charge is 0.135 e. The van der Waals surface area contributed by atoms with Crippen molar-refractivity contribution in [2.75, 3.05) is 0 Å². The Kier molecular flexibility index (Phi) is 4.30. The fourth-order valence-corrected chi connectivity index (χ4v) is 7.79. The summed E-state index contributed by atoms with van der Waals surface area (Å²) in [6, 6.07) is 49.5. The Labute approximate surface area is 230 Å². The lowest BCUT2D eigenvalue weighted by atomic mass is 9.94. The van der Waals surface area contributed by atoms with Crippen LogP contribution < -0.4 is 0 Å². The summed E-state index contributed by atoms with van der Waals surface area (Å²) >= 11 is 1.89. The first-order chi connectivity index (χ1) is 19.3. The molecule has 7 aromatic carbocycles. The second-order valence-electron chi connectivity index (χ2n) is 10.5. The van der Waals surface area contributed by atoms with Crippen LogP contribution in [0.2, 0.25) is 0 Å². The van der Waals surface area contributed by atoms with Crippen molar-refractivity contribution in [2.24, 2.45) is 0 Å². The van der Waals surface area contributed by atoms with Gasteiger partial charge in [-0.25, -0.2) is 0 Å². The van der Waals surface area contributed by atoms with Crippen LogP contribution in [0.15, 0.2) is 133 Å². The molecule has 0 spiro atoms. The molecule has 39 heavy (non-hydrogen) atoms. The second-order valence-corrected chi connectivity index (χ2v) is 11.6. The fourth-order valence-electron chi connectivity index (χ4n) is 6.55. The third-order valence-corrected chi connectivity index (χ3v) is 9.59. The maximum absolute atomic E-state index is 2.38. The van der Waals surface area contributed by atoms with Gasteiger partial charge in [-0.05, 0) is 96.4 Å². The quantitative estimate of drug-likeness (QED) is 0.217. The zero-order valence-corrected chi connectivity index (χ0v) is 21.9. The number of hydrogen-bond acceptors (Lipinski definition) is 1. The average molecular weight is 511 g/mol. The standard InChI is InChI=1S/C38H22S/c1-2-9-31-30(8-1)33-12-5-7-27-21-28(22-35(31)37(27)33)25-16-15-24-20-26(18-17-23(24)19-25)29-11-6-13-34-32-10-3-4-14-36(32)39-38(29)34/h1-22H. The summed E-state index contributed by atoms with van der Waals surface area (Å²) in [4.78, 5) is 0. The summed E-state index contributed by atoms with van der Waals surface area (Å²) in [5, 5.41) is 7.92. The van der Waals surface area contributed by atoms with Gasteiger partial charge in [-0.1, -0.05) is 103 Å². The Hall–Kier alpha value is -4.72. The first-order valence-corrected chi connectivity index (χ1v) is 14.2.